The largest absolute Gasteiger partial charge is 0.381 e. The van der Waals surface area contributed by atoms with Crippen molar-refractivity contribution in [1.29, 1.82) is 0 Å². The number of carbonyl (C=O) groups excluding carboxylic acids is 2. The van der Waals surface area contributed by atoms with E-state index in [1.165, 1.54) is 11.3 Å². The van der Waals surface area contributed by atoms with E-state index in [1.807, 2.05) is 29.3 Å². The van der Waals surface area contributed by atoms with Gasteiger partial charge in [0.05, 0.1) is 22.7 Å². The summed E-state index contributed by atoms with van der Waals surface area (Å²) < 4.78 is 5.55. The first-order valence-electron chi connectivity index (χ1n) is 9.21. The van der Waals surface area contributed by atoms with Gasteiger partial charge in [-0.25, -0.2) is 0 Å². The van der Waals surface area contributed by atoms with E-state index in [0.717, 1.165) is 23.3 Å². The summed E-state index contributed by atoms with van der Waals surface area (Å²) in [6.07, 6.45) is 4.91. The molecule has 1 N–H and O–H groups in total. The summed E-state index contributed by atoms with van der Waals surface area (Å²) in [5.74, 6) is -0.251. The standard InChI is InChI=1S/C20H23N3O3S/c1-14-4-10-27-17(14)19(25)23-12-16(20(13-23)5-8-26-9-6-20)18(24)22-15-3-2-7-21-11-15/h2-4,7,10-11,16H,5-6,8-9,12-13H2,1H3,(H,22,24). The molecule has 4 rings (SSSR count). The Morgan fingerprint density at radius 1 is 1.33 bits per heavy atom. The summed E-state index contributed by atoms with van der Waals surface area (Å²) >= 11 is 1.47. The van der Waals surface area contributed by atoms with Crippen LogP contribution in [0.3, 0.4) is 0 Å². The van der Waals surface area contributed by atoms with Crippen molar-refractivity contribution in [2.24, 2.45) is 11.3 Å². The van der Waals surface area contributed by atoms with E-state index < -0.39 is 0 Å². The molecule has 0 aromatic carbocycles. The number of likely N-dealkylation sites (tertiary alicyclic amines) is 1. The SMILES string of the molecule is Cc1ccsc1C(=O)N1CC(C(=O)Nc2cccnc2)C2(CCOCC2)C1. The molecule has 2 saturated heterocycles. The van der Waals surface area contributed by atoms with Crippen LogP contribution in [0.4, 0.5) is 5.69 Å². The summed E-state index contributed by atoms with van der Waals surface area (Å²) in [7, 11) is 0. The van der Waals surface area contributed by atoms with Crippen molar-refractivity contribution in [1.82, 2.24) is 9.88 Å². The molecule has 1 unspecified atom stereocenters. The fraction of sp³-hybridized carbons (Fsp3) is 0.450. The molecular weight excluding hydrogens is 362 g/mol. The van der Waals surface area contributed by atoms with Crippen LogP contribution in [-0.4, -0.2) is 48.0 Å². The number of pyridine rings is 1. The monoisotopic (exact) mass is 385 g/mol. The maximum Gasteiger partial charge on any atom is 0.264 e. The molecule has 4 heterocycles. The predicted molar refractivity (Wildman–Crippen MR) is 104 cm³/mol. The number of hydrogen-bond donors (Lipinski definition) is 1. The molecule has 2 aliphatic heterocycles. The number of carbonyl (C=O) groups is 2. The van der Waals surface area contributed by atoms with Crippen LogP contribution in [0.15, 0.2) is 36.0 Å². The Morgan fingerprint density at radius 2 is 2.15 bits per heavy atom. The molecular formula is C20H23N3O3S. The number of ether oxygens (including phenoxy) is 1. The lowest BCUT2D eigenvalue weighted by atomic mass is 9.71. The van der Waals surface area contributed by atoms with E-state index in [2.05, 4.69) is 10.3 Å². The van der Waals surface area contributed by atoms with E-state index in [1.54, 1.807) is 18.5 Å². The zero-order chi connectivity index (χ0) is 18.9. The molecule has 2 fully saturated rings. The molecule has 1 spiro atoms. The zero-order valence-corrected chi connectivity index (χ0v) is 16.1. The fourth-order valence-corrected chi connectivity index (χ4v) is 5.06. The molecule has 27 heavy (non-hydrogen) atoms. The highest BCUT2D eigenvalue weighted by Gasteiger charge is 2.52. The number of hydrogen-bond acceptors (Lipinski definition) is 5. The van der Waals surface area contributed by atoms with Crippen LogP contribution < -0.4 is 5.32 Å². The molecule has 2 aromatic rings. The first-order valence-corrected chi connectivity index (χ1v) is 10.1. The third-order valence-electron chi connectivity index (χ3n) is 5.73. The van der Waals surface area contributed by atoms with Gasteiger partial charge in [0.15, 0.2) is 0 Å². The number of aryl methyl sites for hydroxylation is 1. The summed E-state index contributed by atoms with van der Waals surface area (Å²) in [5.41, 5.74) is 1.46. The Labute approximate surface area is 162 Å². The van der Waals surface area contributed by atoms with Gasteiger partial charge in [0.1, 0.15) is 0 Å². The fourth-order valence-electron chi connectivity index (χ4n) is 4.17. The highest BCUT2D eigenvalue weighted by Crippen LogP contribution is 2.45. The van der Waals surface area contributed by atoms with Gasteiger partial charge < -0.3 is 15.0 Å². The predicted octanol–water partition coefficient (Wildman–Crippen LogP) is 2.96. The van der Waals surface area contributed by atoms with Crippen LogP contribution in [0.25, 0.3) is 0 Å². The number of amides is 2. The van der Waals surface area contributed by atoms with Gasteiger partial charge in [-0.2, -0.15) is 0 Å². The van der Waals surface area contributed by atoms with Crippen molar-refractivity contribution in [3.63, 3.8) is 0 Å². The van der Waals surface area contributed by atoms with Crippen LogP contribution in [0.2, 0.25) is 0 Å². The molecule has 1 atom stereocenters. The van der Waals surface area contributed by atoms with Crippen molar-refractivity contribution in [3.8, 4) is 0 Å². The summed E-state index contributed by atoms with van der Waals surface area (Å²) in [6.45, 7) is 4.28. The van der Waals surface area contributed by atoms with Crippen LogP contribution in [0.5, 0.6) is 0 Å². The topological polar surface area (TPSA) is 71.5 Å². The maximum atomic E-state index is 13.1. The first kappa shape index (κ1) is 18.1. The number of nitrogens with zero attached hydrogens (tertiary/aromatic N) is 2. The highest BCUT2D eigenvalue weighted by atomic mass is 32.1. The van der Waals surface area contributed by atoms with Gasteiger partial charge in [-0.1, -0.05) is 0 Å². The van der Waals surface area contributed by atoms with Crippen LogP contribution >= 0.6 is 11.3 Å². The molecule has 2 aromatic heterocycles. The second-order valence-corrected chi connectivity index (χ2v) is 8.29. The smallest absolute Gasteiger partial charge is 0.264 e. The molecule has 7 heteroatoms. The number of aromatic nitrogens is 1. The van der Waals surface area contributed by atoms with Gasteiger partial charge in [0, 0.05) is 37.9 Å². The molecule has 0 bridgehead atoms. The second kappa shape index (κ2) is 7.40. The van der Waals surface area contributed by atoms with Crippen LogP contribution in [-0.2, 0) is 9.53 Å². The van der Waals surface area contributed by atoms with E-state index in [0.29, 0.717) is 32.0 Å². The van der Waals surface area contributed by atoms with Crippen molar-refractivity contribution in [2.45, 2.75) is 19.8 Å². The maximum absolute atomic E-state index is 13.1. The van der Waals surface area contributed by atoms with Gasteiger partial charge >= 0.3 is 0 Å². The molecule has 0 saturated carbocycles. The van der Waals surface area contributed by atoms with E-state index in [-0.39, 0.29) is 23.1 Å². The quantitative estimate of drug-likeness (QED) is 0.882. The number of anilines is 1. The van der Waals surface area contributed by atoms with Crippen molar-refractivity contribution in [2.75, 3.05) is 31.6 Å². The highest BCUT2D eigenvalue weighted by molar-refractivity contribution is 7.12. The Morgan fingerprint density at radius 3 is 2.81 bits per heavy atom. The Hall–Kier alpha value is -2.25. The molecule has 2 aliphatic rings. The lowest BCUT2D eigenvalue weighted by molar-refractivity contribution is -0.124. The van der Waals surface area contributed by atoms with E-state index >= 15 is 0 Å². The van der Waals surface area contributed by atoms with Crippen LogP contribution in [0, 0.1) is 18.3 Å². The average Bonchev–Trinajstić information content (AvgIpc) is 3.27. The van der Waals surface area contributed by atoms with Crippen LogP contribution in [0.1, 0.15) is 28.1 Å². The van der Waals surface area contributed by atoms with Crippen molar-refractivity contribution >= 4 is 28.8 Å². The molecule has 0 radical (unpaired) electrons. The Balaban J connectivity index is 1.57. The normalized spacial score (nSPS) is 21.4. The lowest BCUT2D eigenvalue weighted by Gasteiger charge is -2.37. The molecule has 0 aliphatic carbocycles. The second-order valence-electron chi connectivity index (χ2n) is 7.38. The van der Waals surface area contributed by atoms with Crippen molar-refractivity contribution in [3.05, 3.63) is 46.4 Å². The van der Waals surface area contributed by atoms with Crippen molar-refractivity contribution < 1.29 is 14.3 Å². The third-order valence-corrected chi connectivity index (χ3v) is 6.73. The molecule has 6 nitrogen and oxygen atoms in total. The molecule has 2 amide bonds. The summed E-state index contributed by atoms with van der Waals surface area (Å²) in [5, 5.41) is 4.92. The van der Waals surface area contributed by atoms with Gasteiger partial charge in [-0.3, -0.25) is 14.6 Å². The lowest BCUT2D eigenvalue weighted by Crippen LogP contribution is -2.42. The minimum absolute atomic E-state index is 0.0324. The summed E-state index contributed by atoms with van der Waals surface area (Å²) in [6, 6.07) is 5.59. The average molecular weight is 385 g/mol. The number of nitrogens with one attached hydrogen (secondary N) is 1. The van der Waals surface area contributed by atoms with Gasteiger partial charge in [0.25, 0.3) is 5.91 Å². The van der Waals surface area contributed by atoms with E-state index in [4.69, 9.17) is 4.74 Å². The third kappa shape index (κ3) is 3.49. The minimum atomic E-state index is -0.245. The van der Waals surface area contributed by atoms with Gasteiger partial charge in [-0.15, -0.1) is 11.3 Å². The Kier molecular flexibility index (Phi) is 4.97. The first-order chi connectivity index (χ1) is 13.1. The number of thiophene rings is 1. The minimum Gasteiger partial charge on any atom is -0.381 e. The Bertz CT molecular complexity index is 830. The molecule has 142 valence electrons. The zero-order valence-electron chi connectivity index (χ0n) is 15.3. The van der Waals surface area contributed by atoms with Gasteiger partial charge in [0.2, 0.25) is 5.91 Å². The summed E-state index contributed by atoms with van der Waals surface area (Å²) in [4.78, 5) is 32.8. The van der Waals surface area contributed by atoms with Gasteiger partial charge in [-0.05, 0) is 48.9 Å². The number of rotatable bonds is 3. The van der Waals surface area contributed by atoms with E-state index in [9.17, 15) is 9.59 Å².